The van der Waals surface area contributed by atoms with Crippen molar-refractivity contribution < 1.29 is 14.3 Å². The summed E-state index contributed by atoms with van der Waals surface area (Å²) >= 11 is 3.00. The molecule has 0 aliphatic rings. The number of thioether (sulfide) groups is 1. The summed E-state index contributed by atoms with van der Waals surface area (Å²) in [7, 11) is 0. The molecule has 0 aliphatic carbocycles. The SMILES string of the molecule is Cc1ccccc1CCOC(=O)NNC(=O)CSCc1nc(-c2ccccc2)cs1. The smallest absolute Gasteiger partial charge is 0.426 e. The highest BCUT2D eigenvalue weighted by Crippen LogP contribution is 2.24. The van der Waals surface area contributed by atoms with Gasteiger partial charge in [-0.05, 0) is 18.1 Å². The Morgan fingerprint density at radius 1 is 1.07 bits per heavy atom. The van der Waals surface area contributed by atoms with Gasteiger partial charge in [0.25, 0.3) is 0 Å². The number of aryl methyl sites for hydroxylation is 1. The van der Waals surface area contributed by atoms with Gasteiger partial charge in [0.1, 0.15) is 5.01 Å². The third kappa shape index (κ3) is 6.89. The van der Waals surface area contributed by atoms with Gasteiger partial charge < -0.3 is 4.74 Å². The quantitative estimate of drug-likeness (QED) is 0.508. The van der Waals surface area contributed by atoms with E-state index in [1.54, 1.807) is 11.3 Å². The fourth-order valence-corrected chi connectivity index (χ4v) is 4.40. The number of rotatable bonds is 8. The first-order valence-corrected chi connectivity index (χ1v) is 11.5. The predicted octanol–water partition coefficient (Wildman–Crippen LogP) is 4.35. The zero-order valence-electron chi connectivity index (χ0n) is 16.6. The molecule has 156 valence electrons. The maximum absolute atomic E-state index is 11.9. The van der Waals surface area contributed by atoms with E-state index in [2.05, 4.69) is 15.8 Å². The van der Waals surface area contributed by atoms with Gasteiger partial charge >= 0.3 is 6.09 Å². The number of amides is 2. The third-order valence-electron chi connectivity index (χ3n) is 4.25. The largest absolute Gasteiger partial charge is 0.448 e. The molecule has 6 nitrogen and oxygen atoms in total. The van der Waals surface area contributed by atoms with Gasteiger partial charge in [0.15, 0.2) is 0 Å². The van der Waals surface area contributed by atoms with E-state index in [0.29, 0.717) is 12.2 Å². The van der Waals surface area contributed by atoms with Crippen LogP contribution in [0, 0.1) is 6.92 Å². The Bertz CT molecular complexity index is 977. The van der Waals surface area contributed by atoms with E-state index in [9.17, 15) is 9.59 Å². The molecule has 2 N–H and O–H groups in total. The number of ether oxygens (including phenoxy) is 1. The van der Waals surface area contributed by atoms with Crippen LogP contribution >= 0.6 is 23.1 Å². The minimum Gasteiger partial charge on any atom is -0.448 e. The first-order chi connectivity index (χ1) is 14.6. The molecule has 2 amide bonds. The highest BCUT2D eigenvalue weighted by Gasteiger charge is 2.08. The molecule has 8 heteroatoms. The minimum absolute atomic E-state index is 0.212. The van der Waals surface area contributed by atoms with Crippen LogP contribution < -0.4 is 10.9 Å². The minimum atomic E-state index is -0.672. The summed E-state index contributed by atoms with van der Waals surface area (Å²) in [5.41, 5.74) is 8.93. The monoisotopic (exact) mass is 441 g/mol. The molecule has 0 spiro atoms. The molecule has 0 unspecified atom stereocenters. The van der Waals surface area contributed by atoms with Gasteiger partial charge in [-0.2, -0.15) is 0 Å². The Labute approximate surface area is 184 Å². The van der Waals surface area contributed by atoms with Gasteiger partial charge in [0, 0.05) is 23.1 Å². The van der Waals surface area contributed by atoms with Crippen LogP contribution in [0.2, 0.25) is 0 Å². The second-order valence-corrected chi connectivity index (χ2v) is 8.40. The summed E-state index contributed by atoms with van der Waals surface area (Å²) < 4.78 is 5.09. The van der Waals surface area contributed by atoms with Crippen molar-refractivity contribution in [2.75, 3.05) is 12.4 Å². The van der Waals surface area contributed by atoms with Crippen molar-refractivity contribution in [1.82, 2.24) is 15.8 Å². The van der Waals surface area contributed by atoms with E-state index in [1.165, 1.54) is 11.8 Å². The molecule has 3 rings (SSSR count). The van der Waals surface area contributed by atoms with Crippen molar-refractivity contribution >= 4 is 35.1 Å². The third-order valence-corrected chi connectivity index (χ3v) is 6.23. The molecular formula is C22H23N3O3S2. The highest BCUT2D eigenvalue weighted by molar-refractivity contribution is 7.99. The maximum Gasteiger partial charge on any atom is 0.426 e. The lowest BCUT2D eigenvalue weighted by atomic mass is 10.1. The lowest BCUT2D eigenvalue weighted by Crippen LogP contribution is -2.43. The van der Waals surface area contributed by atoms with Gasteiger partial charge in [0.05, 0.1) is 18.1 Å². The first kappa shape index (κ1) is 21.9. The Kier molecular flexibility index (Phi) is 8.29. The Balaban J connectivity index is 1.30. The summed E-state index contributed by atoms with van der Waals surface area (Å²) in [6.07, 6.45) is -0.0442. The van der Waals surface area contributed by atoms with Crippen molar-refractivity contribution in [3.05, 3.63) is 76.1 Å². The van der Waals surface area contributed by atoms with Crippen LogP contribution in [0.4, 0.5) is 4.79 Å². The Hall–Kier alpha value is -2.84. The second-order valence-electron chi connectivity index (χ2n) is 6.47. The highest BCUT2D eigenvalue weighted by atomic mass is 32.2. The van der Waals surface area contributed by atoms with Gasteiger partial charge in [-0.25, -0.2) is 15.2 Å². The summed E-state index contributed by atoms with van der Waals surface area (Å²) in [5, 5.41) is 2.97. The van der Waals surface area contributed by atoms with Crippen molar-refractivity contribution in [2.45, 2.75) is 19.1 Å². The number of benzene rings is 2. The van der Waals surface area contributed by atoms with Crippen molar-refractivity contribution in [3.63, 3.8) is 0 Å². The molecule has 2 aromatic carbocycles. The van der Waals surface area contributed by atoms with E-state index in [-0.39, 0.29) is 18.3 Å². The number of hydrogen-bond donors (Lipinski definition) is 2. The van der Waals surface area contributed by atoms with Crippen LogP contribution in [0.25, 0.3) is 11.3 Å². The van der Waals surface area contributed by atoms with Crippen LogP contribution in [0.5, 0.6) is 0 Å². The molecule has 3 aromatic rings. The van der Waals surface area contributed by atoms with Crippen LogP contribution in [-0.4, -0.2) is 29.3 Å². The van der Waals surface area contributed by atoms with Crippen LogP contribution in [-0.2, 0) is 21.7 Å². The Morgan fingerprint density at radius 3 is 2.63 bits per heavy atom. The van der Waals surface area contributed by atoms with Gasteiger partial charge in [-0.1, -0.05) is 54.6 Å². The standard InChI is InChI=1S/C22H23N3O3S2/c1-16-7-5-6-8-17(16)11-12-28-22(27)25-24-20(26)14-29-15-21-23-19(13-30-21)18-9-3-2-4-10-18/h2-10,13H,11-12,14-15H2,1H3,(H,24,26)(H,25,27). The average molecular weight is 442 g/mol. The van der Waals surface area contributed by atoms with E-state index in [1.807, 2.05) is 66.9 Å². The summed E-state index contributed by atoms with van der Waals surface area (Å²) in [5.74, 6) is 0.547. The van der Waals surface area contributed by atoms with Crippen molar-refractivity contribution in [2.24, 2.45) is 0 Å². The zero-order valence-corrected chi connectivity index (χ0v) is 18.2. The fourth-order valence-electron chi connectivity index (χ4n) is 2.69. The fraction of sp³-hybridized carbons (Fsp3) is 0.227. The summed E-state index contributed by atoms with van der Waals surface area (Å²) in [6.45, 7) is 2.26. The second kappa shape index (κ2) is 11.4. The topological polar surface area (TPSA) is 80.3 Å². The van der Waals surface area contributed by atoms with Crippen LogP contribution in [0.1, 0.15) is 16.1 Å². The predicted molar refractivity (Wildman–Crippen MR) is 121 cm³/mol. The number of carbonyl (C=O) groups excluding carboxylic acids is 2. The molecule has 30 heavy (non-hydrogen) atoms. The molecule has 0 saturated heterocycles. The van der Waals surface area contributed by atoms with E-state index < -0.39 is 6.09 Å². The lowest BCUT2D eigenvalue weighted by molar-refractivity contribution is -0.119. The van der Waals surface area contributed by atoms with Crippen molar-refractivity contribution in [3.8, 4) is 11.3 Å². The number of nitrogens with one attached hydrogen (secondary N) is 2. The van der Waals surface area contributed by atoms with Crippen LogP contribution in [0.3, 0.4) is 0 Å². The number of carbonyl (C=O) groups is 2. The van der Waals surface area contributed by atoms with Gasteiger partial charge in [-0.15, -0.1) is 23.1 Å². The van der Waals surface area contributed by atoms with E-state index >= 15 is 0 Å². The number of aromatic nitrogens is 1. The molecule has 1 heterocycles. The molecule has 1 aromatic heterocycles. The average Bonchev–Trinajstić information content (AvgIpc) is 3.23. The number of thiazole rings is 1. The van der Waals surface area contributed by atoms with Crippen LogP contribution in [0.15, 0.2) is 60.0 Å². The van der Waals surface area contributed by atoms with E-state index in [4.69, 9.17) is 4.74 Å². The molecule has 0 fully saturated rings. The normalized spacial score (nSPS) is 10.4. The van der Waals surface area contributed by atoms with Crippen molar-refractivity contribution in [1.29, 1.82) is 0 Å². The molecule has 0 atom stereocenters. The Morgan fingerprint density at radius 2 is 1.83 bits per heavy atom. The maximum atomic E-state index is 11.9. The van der Waals surface area contributed by atoms with Gasteiger partial charge in [0.2, 0.25) is 5.91 Å². The van der Waals surface area contributed by atoms with Gasteiger partial charge in [-0.3, -0.25) is 10.2 Å². The van der Waals surface area contributed by atoms with E-state index in [0.717, 1.165) is 27.4 Å². The number of nitrogens with zero attached hydrogens (tertiary/aromatic N) is 1. The molecule has 0 radical (unpaired) electrons. The molecular weight excluding hydrogens is 418 g/mol. The molecule has 0 saturated carbocycles. The summed E-state index contributed by atoms with van der Waals surface area (Å²) in [6, 6.07) is 17.9. The molecule has 0 bridgehead atoms. The zero-order chi connectivity index (χ0) is 21.2. The summed E-state index contributed by atoms with van der Waals surface area (Å²) in [4.78, 5) is 28.2. The first-order valence-electron chi connectivity index (χ1n) is 9.45. The lowest BCUT2D eigenvalue weighted by Gasteiger charge is -2.09. The molecule has 0 aliphatic heterocycles. The number of hydrazine groups is 1. The number of hydrogen-bond acceptors (Lipinski definition) is 6.